The summed E-state index contributed by atoms with van der Waals surface area (Å²) < 4.78 is 1.86. The molecule has 0 saturated heterocycles. The second kappa shape index (κ2) is 7.29. The van der Waals surface area contributed by atoms with Crippen LogP contribution in [0.4, 0.5) is 10.3 Å². The molecule has 0 aliphatic rings. The maximum atomic E-state index is 13.5. The molecule has 3 aromatic heterocycles. The average molecular weight is 432 g/mol. The maximum Gasteiger partial charge on any atom is 0.354 e. The first-order chi connectivity index (χ1) is 14.6. The molecule has 30 heavy (non-hydrogen) atoms. The van der Waals surface area contributed by atoms with E-state index < -0.39 is 11.9 Å². The molecular formula is C21H12N4O3S2. The maximum absolute atomic E-state index is 13.5. The molecule has 7 nitrogen and oxygen atoms in total. The third-order valence-electron chi connectivity index (χ3n) is 4.34. The summed E-state index contributed by atoms with van der Waals surface area (Å²) in [5.74, 6) is -1.69. The third-order valence-corrected chi connectivity index (χ3v) is 6.38. The number of pyridine rings is 1. The monoisotopic (exact) mass is 432 g/mol. The van der Waals surface area contributed by atoms with Crippen molar-refractivity contribution in [2.75, 3.05) is 4.90 Å². The molecule has 0 atom stereocenters. The van der Waals surface area contributed by atoms with Crippen molar-refractivity contribution in [2.45, 2.75) is 0 Å². The van der Waals surface area contributed by atoms with Crippen molar-refractivity contribution in [3.8, 4) is 0 Å². The molecule has 0 unspecified atom stereocenters. The third kappa shape index (κ3) is 3.19. The summed E-state index contributed by atoms with van der Waals surface area (Å²) in [6.07, 6.45) is 0. The zero-order valence-electron chi connectivity index (χ0n) is 15.2. The number of carbonyl (C=O) groups is 2. The van der Waals surface area contributed by atoms with Crippen LogP contribution in [0.5, 0.6) is 0 Å². The van der Waals surface area contributed by atoms with Gasteiger partial charge >= 0.3 is 5.97 Å². The van der Waals surface area contributed by atoms with Crippen LogP contribution in [-0.2, 0) is 0 Å². The van der Waals surface area contributed by atoms with Crippen LogP contribution in [0.3, 0.4) is 0 Å². The number of rotatable bonds is 4. The number of amides is 1. The molecule has 0 bridgehead atoms. The Labute approximate surface area is 177 Å². The number of anilines is 2. The van der Waals surface area contributed by atoms with Gasteiger partial charge in [0.1, 0.15) is 11.4 Å². The number of para-hydroxylation sites is 2. The Morgan fingerprint density at radius 1 is 0.700 bits per heavy atom. The molecule has 0 aliphatic carbocycles. The molecular weight excluding hydrogens is 420 g/mol. The molecule has 5 aromatic rings. The molecule has 1 N–H and O–H groups in total. The van der Waals surface area contributed by atoms with Crippen LogP contribution in [0.1, 0.15) is 21.0 Å². The fourth-order valence-electron chi connectivity index (χ4n) is 2.95. The van der Waals surface area contributed by atoms with Gasteiger partial charge in [0, 0.05) is 0 Å². The summed E-state index contributed by atoms with van der Waals surface area (Å²) in [6, 6.07) is 19.5. The second-order valence-corrected chi connectivity index (χ2v) is 8.30. The summed E-state index contributed by atoms with van der Waals surface area (Å²) in [5.41, 5.74) is 1.34. The van der Waals surface area contributed by atoms with Gasteiger partial charge in [-0.05, 0) is 36.4 Å². The smallest absolute Gasteiger partial charge is 0.354 e. The van der Waals surface area contributed by atoms with Gasteiger partial charge in [-0.3, -0.25) is 4.79 Å². The Bertz CT molecular complexity index is 1290. The van der Waals surface area contributed by atoms with Crippen LogP contribution < -0.4 is 4.90 Å². The van der Waals surface area contributed by atoms with E-state index in [2.05, 4.69) is 15.0 Å². The number of benzene rings is 2. The molecule has 0 spiro atoms. The molecule has 5 rings (SSSR count). The lowest BCUT2D eigenvalue weighted by Gasteiger charge is -2.16. The number of carbonyl (C=O) groups excluding carboxylic acids is 1. The minimum absolute atomic E-state index is 0.00779. The molecule has 3 heterocycles. The van der Waals surface area contributed by atoms with Gasteiger partial charge in [0.05, 0.1) is 20.4 Å². The predicted molar refractivity (Wildman–Crippen MR) is 117 cm³/mol. The Kier molecular flexibility index (Phi) is 4.46. The number of fused-ring (bicyclic) bond motifs is 2. The molecule has 146 valence electrons. The van der Waals surface area contributed by atoms with Gasteiger partial charge in [-0.15, -0.1) is 0 Å². The summed E-state index contributed by atoms with van der Waals surface area (Å²) in [4.78, 5) is 39.4. The number of hydrogen-bond acceptors (Lipinski definition) is 7. The quantitative estimate of drug-likeness (QED) is 0.430. The molecule has 9 heteroatoms. The lowest BCUT2D eigenvalue weighted by Crippen LogP contribution is -2.27. The number of aromatic nitrogens is 3. The minimum atomic E-state index is -1.20. The van der Waals surface area contributed by atoms with Gasteiger partial charge in [0.15, 0.2) is 10.3 Å². The average Bonchev–Trinajstić information content (AvgIpc) is 3.37. The predicted octanol–water partition coefficient (Wildman–Crippen LogP) is 4.98. The molecule has 1 amide bonds. The fourth-order valence-corrected chi connectivity index (χ4v) is 4.94. The largest absolute Gasteiger partial charge is 0.477 e. The summed E-state index contributed by atoms with van der Waals surface area (Å²) in [6.45, 7) is 0. The summed E-state index contributed by atoms with van der Waals surface area (Å²) >= 11 is 2.72. The Balaban J connectivity index is 1.68. The van der Waals surface area contributed by atoms with Gasteiger partial charge in [-0.1, -0.05) is 53.0 Å². The summed E-state index contributed by atoms with van der Waals surface area (Å²) in [5, 5.41) is 10.1. The van der Waals surface area contributed by atoms with E-state index in [1.54, 1.807) is 0 Å². The van der Waals surface area contributed by atoms with E-state index >= 15 is 0 Å². The first kappa shape index (κ1) is 18.3. The van der Waals surface area contributed by atoms with Crippen LogP contribution in [0.25, 0.3) is 20.4 Å². The normalized spacial score (nSPS) is 11.1. The fraction of sp³-hybridized carbons (Fsp3) is 0. The first-order valence-electron chi connectivity index (χ1n) is 8.86. The highest BCUT2D eigenvalue weighted by Gasteiger charge is 2.27. The van der Waals surface area contributed by atoms with Gasteiger partial charge in [-0.25, -0.2) is 24.6 Å². The zero-order valence-corrected chi connectivity index (χ0v) is 16.9. The molecule has 0 radical (unpaired) electrons. The van der Waals surface area contributed by atoms with E-state index in [1.807, 2.05) is 48.5 Å². The second-order valence-electron chi connectivity index (χ2n) is 6.28. The lowest BCUT2D eigenvalue weighted by atomic mass is 10.3. The topological polar surface area (TPSA) is 96.3 Å². The lowest BCUT2D eigenvalue weighted by molar-refractivity contribution is 0.0690. The highest BCUT2D eigenvalue weighted by atomic mass is 32.1. The van der Waals surface area contributed by atoms with Crippen molar-refractivity contribution in [1.29, 1.82) is 0 Å². The summed E-state index contributed by atoms with van der Waals surface area (Å²) in [7, 11) is 0. The van der Waals surface area contributed by atoms with Gasteiger partial charge < -0.3 is 5.11 Å². The standard InChI is InChI=1S/C21H12N4O3S2/c26-18(14-8-5-9-15(22-14)19(27)28)25(20-23-12-6-1-3-10-16(12)29-20)21-24-13-7-2-4-11-17(13)30-21/h1-11H,(H,27,28). The van der Waals surface area contributed by atoms with Crippen LogP contribution in [0.15, 0.2) is 66.7 Å². The van der Waals surface area contributed by atoms with Crippen molar-refractivity contribution >= 4 is 65.2 Å². The minimum Gasteiger partial charge on any atom is -0.477 e. The van der Waals surface area contributed by atoms with E-state index in [1.165, 1.54) is 45.8 Å². The molecule has 0 fully saturated rings. The number of carboxylic acids is 1. The number of nitrogens with zero attached hydrogens (tertiary/aromatic N) is 4. The van der Waals surface area contributed by atoms with E-state index in [4.69, 9.17) is 0 Å². The van der Waals surface area contributed by atoms with E-state index in [-0.39, 0.29) is 11.4 Å². The Morgan fingerprint density at radius 3 is 1.77 bits per heavy atom. The number of aromatic carboxylic acids is 1. The van der Waals surface area contributed by atoms with E-state index in [0.717, 1.165) is 20.4 Å². The van der Waals surface area contributed by atoms with Crippen molar-refractivity contribution in [3.05, 3.63) is 78.1 Å². The van der Waals surface area contributed by atoms with Gasteiger partial charge in [0.2, 0.25) is 0 Å². The van der Waals surface area contributed by atoms with E-state index in [0.29, 0.717) is 10.3 Å². The number of carboxylic acid groups (broad SMARTS) is 1. The van der Waals surface area contributed by atoms with Gasteiger partial charge in [-0.2, -0.15) is 0 Å². The Hall–Kier alpha value is -3.69. The van der Waals surface area contributed by atoms with Crippen molar-refractivity contribution in [3.63, 3.8) is 0 Å². The van der Waals surface area contributed by atoms with E-state index in [9.17, 15) is 14.7 Å². The van der Waals surface area contributed by atoms with Gasteiger partial charge in [0.25, 0.3) is 5.91 Å². The zero-order chi connectivity index (χ0) is 20.7. The van der Waals surface area contributed by atoms with Crippen LogP contribution in [0, 0.1) is 0 Å². The molecule has 2 aromatic carbocycles. The number of thiazole rings is 2. The molecule has 0 aliphatic heterocycles. The highest BCUT2D eigenvalue weighted by Crippen LogP contribution is 2.38. The first-order valence-corrected chi connectivity index (χ1v) is 10.5. The SMILES string of the molecule is O=C(O)c1cccc(C(=O)N(c2nc3ccccc3s2)c2nc3ccccc3s2)n1. The van der Waals surface area contributed by atoms with Crippen LogP contribution >= 0.6 is 22.7 Å². The van der Waals surface area contributed by atoms with Crippen LogP contribution in [-0.4, -0.2) is 31.9 Å². The highest BCUT2D eigenvalue weighted by molar-refractivity contribution is 7.24. The van der Waals surface area contributed by atoms with Crippen molar-refractivity contribution in [1.82, 2.24) is 15.0 Å². The molecule has 0 saturated carbocycles. The van der Waals surface area contributed by atoms with Crippen LogP contribution in [0.2, 0.25) is 0 Å². The van der Waals surface area contributed by atoms with Crippen molar-refractivity contribution < 1.29 is 14.7 Å². The number of hydrogen-bond donors (Lipinski definition) is 1. The van der Waals surface area contributed by atoms with Crippen molar-refractivity contribution in [2.24, 2.45) is 0 Å². The Morgan fingerprint density at radius 2 is 1.23 bits per heavy atom.